The molecule has 0 aromatic carbocycles. The van der Waals surface area contributed by atoms with Crippen LogP contribution in [-0.2, 0) is 22.5 Å². The van der Waals surface area contributed by atoms with Gasteiger partial charge in [0.25, 0.3) is 0 Å². The van der Waals surface area contributed by atoms with Gasteiger partial charge in [-0.2, -0.15) is 0 Å². The Bertz CT molecular complexity index is 774. The van der Waals surface area contributed by atoms with Crippen molar-refractivity contribution in [3.8, 4) is 0 Å². The fourth-order valence-electron chi connectivity index (χ4n) is 5.17. The zero-order chi connectivity index (χ0) is 34.4. The monoisotopic (exact) mass is 692 g/mol. The summed E-state index contributed by atoms with van der Waals surface area (Å²) >= 11 is 0. The van der Waals surface area contributed by atoms with Crippen LogP contribution in [0.1, 0.15) is 64.7 Å². The number of carbonyl (C=O) groups excluding carboxylic acids is 2. The van der Waals surface area contributed by atoms with Gasteiger partial charge in [-0.05, 0) is 125 Å². The molecule has 0 saturated carbocycles. The van der Waals surface area contributed by atoms with Crippen molar-refractivity contribution in [2.24, 2.45) is 0 Å². The topological polar surface area (TPSA) is 92.8 Å². The molecule has 0 bridgehead atoms. The lowest BCUT2D eigenvalue weighted by Crippen LogP contribution is -2.52. The fraction of sp³-hybridized carbons (Fsp3) is 0.938. The van der Waals surface area contributed by atoms with E-state index in [9.17, 15) is 9.59 Å². The number of hydrogen-bond acceptors (Lipinski definition) is 8. The van der Waals surface area contributed by atoms with Gasteiger partial charge >= 0.3 is 20.6 Å². The van der Waals surface area contributed by atoms with Crippen LogP contribution in [0.15, 0.2) is 0 Å². The second kappa shape index (κ2) is 24.3. The molecule has 45 heavy (non-hydrogen) atoms. The van der Waals surface area contributed by atoms with Crippen LogP contribution in [0.4, 0.5) is 4.79 Å². The number of nitrogens with zero attached hydrogens (tertiary/aromatic N) is 3. The molecule has 268 valence electrons. The molecule has 0 aromatic rings. The molecular weight excluding hydrogens is 621 g/mol. The second-order valence-electron chi connectivity index (χ2n) is 14.5. The zero-order valence-corrected chi connectivity index (χ0v) is 34.2. The molecule has 0 aliphatic carbocycles. The molecule has 2 amide bonds. The molecule has 0 atom stereocenters. The minimum atomic E-state index is -2.13. The maximum Gasteiger partial charge on any atom is 0.317 e. The molecule has 0 saturated heterocycles. The van der Waals surface area contributed by atoms with Gasteiger partial charge in [0.2, 0.25) is 0 Å². The van der Waals surface area contributed by atoms with Gasteiger partial charge in [0.15, 0.2) is 16.6 Å². The maximum atomic E-state index is 12.7. The molecule has 0 fully saturated rings. The fourth-order valence-corrected chi connectivity index (χ4v) is 18.3. The first kappa shape index (κ1) is 44.2. The van der Waals surface area contributed by atoms with E-state index in [-0.39, 0.29) is 12.0 Å². The highest BCUT2D eigenvalue weighted by Gasteiger charge is 2.38. The van der Waals surface area contributed by atoms with E-state index in [0.717, 1.165) is 89.6 Å². The third-order valence-corrected chi connectivity index (χ3v) is 19.3. The Kier molecular flexibility index (Phi) is 23.9. The lowest BCUT2D eigenvalue weighted by Gasteiger charge is -2.38. The van der Waals surface area contributed by atoms with Gasteiger partial charge in [-0.3, -0.25) is 4.79 Å². The van der Waals surface area contributed by atoms with Crippen molar-refractivity contribution in [2.45, 2.75) is 116 Å². The minimum Gasteiger partial charge on any atom is -0.463 e. The summed E-state index contributed by atoms with van der Waals surface area (Å²) in [6.07, 6.45) is 8.21. The Balaban J connectivity index is 3.91. The van der Waals surface area contributed by atoms with Crippen molar-refractivity contribution >= 4 is 37.2 Å². The molecule has 10 nitrogen and oxygen atoms in total. The number of carbonyl (C=O) groups is 2. The minimum absolute atomic E-state index is 0.0443. The van der Waals surface area contributed by atoms with Crippen LogP contribution in [0.2, 0.25) is 51.4 Å². The molecule has 0 heterocycles. The smallest absolute Gasteiger partial charge is 0.317 e. The predicted molar refractivity (Wildman–Crippen MR) is 195 cm³/mol. The van der Waals surface area contributed by atoms with E-state index in [2.05, 4.69) is 89.5 Å². The summed E-state index contributed by atoms with van der Waals surface area (Å²) in [5.41, 5.74) is 0. The summed E-state index contributed by atoms with van der Waals surface area (Å²) < 4.78 is 24.1. The first-order valence-corrected chi connectivity index (χ1v) is 26.5. The Morgan fingerprint density at radius 3 is 1.78 bits per heavy atom. The van der Waals surface area contributed by atoms with Gasteiger partial charge < -0.3 is 37.7 Å². The van der Waals surface area contributed by atoms with Crippen LogP contribution < -0.4 is 5.32 Å². The maximum absolute atomic E-state index is 12.7. The van der Waals surface area contributed by atoms with Crippen LogP contribution in [-0.4, -0.2) is 133 Å². The molecule has 0 spiro atoms. The van der Waals surface area contributed by atoms with Crippen molar-refractivity contribution in [1.29, 1.82) is 0 Å². The highest BCUT2D eigenvalue weighted by Crippen LogP contribution is 2.25. The van der Waals surface area contributed by atoms with Gasteiger partial charge in [-0.25, -0.2) is 4.79 Å². The van der Waals surface area contributed by atoms with Crippen LogP contribution in [0.25, 0.3) is 0 Å². The summed E-state index contributed by atoms with van der Waals surface area (Å²) in [4.78, 5) is 31.0. The highest BCUT2D eigenvalue weighted by atomic mass is 28.5. The number of esters is 1. The van der Waals surface area contributed by atoms with Crippen LogP contribution in [0.5, 0.6) is 0 Å². The molecule has 0 unspecified atom stereocenters. The number of nitrogens with one attached hydrogen (secondary N) is 1. The van der Waals surface area contributed by atoms with Crippen molar-refractivity contribution in [2.75, 3.05) is 80.7 Å². The lowest BCUT2D eigenvalue weighted by molar-refractivity contribution is -0.145. The third-order valence-electron chi connectivity index (χ3n) is 7.64. The predicted octanol–water partition coefficient (Wildman–Crippen LogP) is 6.36. The van der Waals surface area contributed by atoms with Crippen molar-refractivity contribution in [3.05, 3.63) is 0 Å². The van der Waals surface area contributed by atoms with E-state index in [0.29, 0.717) is 32.8 Å². The van der Waals surface area contributed by atoms with E-state index < -0.39 is 25.2 Å². The molecule has 0 aliphatic rings. The van der Waals surface area contributed by atoms with E-state index in [4.69, 9.17) is 17.7 Å². The first-order valence-electron chi connectivity index (χ1n) is 17.4. The van der Waals surface area contributed by atoms with E-state index in [1.54, 1.807) is 0 Å². The average molecular weight is 693 g/mol. The number of hydrogen-bond donors (Lipinski definition) is 1. The molecule has 0 aliphatic heterocycles. The number of rotatable bonds is 28. The number of amides is 2. The SMILES string of the molecule is CC[Si](C)(C)O[Si](C)(C)O[Si](C)(C)CCCOCCOC(=O)CCCCCCCNC(=O)N(CCCN(C)C)CCCN(C)C. The van der Waals surface area contributed by atoms with Crippen LogP contribution in [0, 0.1) is 0 Å². The van der Waals surface area contributed by atoms with E-state index in [1.165, 1.54) is 0 Å². The Labute approximate surface area is 280 Å². The number of ether oxygens (including phenoxy) is 2. The van der Waals surface area contributed by atoms with Gasteiger partial charge in [-0.15, -0.1) is 0 Å². The standard InChI is InChI=1S/C32H72N4O6Si3/c1-12-43(6,7)41-45(10,11)42-44(8,9)30-20-27-39-28-29-40-31(37)21-16-14-13-15-17-22-33-32(38)36(25-18-23-34(2)3)26-19-24-35(4)5/h12-30H2,1-11H3,(H,33,38). The summed E-state index contributed by atoms with van der Waals surface area (Å²) in [7, 11) is 2.66. The average Bonchev–Trinajstić information content (AvgIpc) is 2.91. The third kappa shape index (κ3) is 26.9. The summed E-state index contributed by atoms with van der Waals surface area (Å²) in [5.74, 6) is -0.151. The van der Waals surface area contributed by atoms with Gasteiger partial charge in [0.05, 0.1) is 6.61 Å². The summed E-state index contributed by atoms with van der Waals surface area (Å²) in [6, 6.07) is 2.17. The second-order valence-corrected chi connectivity index (χ2v) is 27.1. The summed E-state index contributed by atoms with van der Waals surface area (Å²) in [6.45, 7) is 21.2. The van der Waals surface area contributed by atoms with E-state index in [1.807, 2.05) is 4.90 Å². The molecule has 0 rings (SSSR count). The first-order chi connectivity index (χ1) is 21.0. The number of unbranched alkanes of at least 4 members (excludes halogenated alkanes) is 4. The Morgan fingerprint density at radius 1 is 0.644 bits per heavy atom. The van der Waals surface area contributed by atoms with Gasteiger partial charge in [0.1, 0.15) is 6.61 Å². The number of urea groups is 1. The van der Waals surface area contributed by atoms with E-state index >= 15 is 0 Å². The summed E-state index contributed by atoms with van der Waals surface area (Å²) in [5, 5.41) is 3.10. The quantitative estimate of drug-likeness (QED) is 0.0576. The van der Waals surface area contributed by atoms with Crippen molar-refractivity contribution in [1.82, 2.24) is 20.0 Å². The Hall–Kier alpha value is -0.809. The molecule has 13 heteroatoms. The molecule has 0 radical (unpaired) electrons. The molecule has 0 aromatic heterocycles. The largest absolute Gasteiger partial charge is 0.463 e. The lowest BCUT2D eigenvalue weighted by atomic mass is 10.1. The van der Waals surface area contributed by atoms with Crippen molar-refractivity contribution < 1.29 is 27.3 Å². The Morgan fingerprint density at radius 2 is 1.20 bits per heavy atom. The highest BCUT2D eigenvalue weighted by molar-refractivity contribution is 6.87. The zero-order valence-electron chi connectivity index (χ0n) is 31.2. The van der Waals surface area contributed by atoms with Crippen molar-refractivity contribution in [3.63, 3.8) is 0 Å². The van der Waals surface area contributed by atoms with Gasteiger partial charge in [-0.1, -0.05) is 26.2 Å². The normalized spacial score (nSPS) is 12.6. The van der Waals surface area contributed by atoms with Gasteiger partial charge in [0, 0.05) is 32.7 Å². The van der Waals surface area contributed by atoms with Crippen LogP contribution in [0.3, 0.4) is 0 Å². The molecule has 1 N–H and O–H groups in total. The molecular formula is C32H72N4O6Si3. The van der Waals surface area contributed by atoms with Crippen LogP contribution >= 0.6 is 0 Å².